The van der Waals surface area contributed by atoms with Crippen LogP contribution in [0.25, 0.3) is 0 Å². The van der Waals surface area contributed by atoms with Gasteiger partial charge in [0.15, 0.2) is 5.66 Å². The average Bonchev–Trinajstić information content (AvgIpc) is 3.42. The molecule has 1 atom stereocenters. The minimum absolute atomic E-state index is 0.171. The third kappa shape index (κ3) is 5.88. The molecule has 0 radical (unpaired) electrons. The number of methoxy groups -OCH3 is 1. The van der Waals surface area contributed by atoms with Gasteiger partial charge in [0.25, 0.3) is 0 Å². The normalized spacial score (nSPS) is 14.9. The fraction of sp³-hybridized carbons (Fsp3) is 0.474. The lowest BCUT2D eigenvalue weighted by Crippen LogP contribution is -2.41. The second-order valence-electron chi connectivity index (χ2n) is 6.23. The largest absolute Gasteiger partial charge is 0.497 e. The Morgan fingerprint density at radius 3 is 2.54 bits per heavy atom. The highest BCUT2D eigenvalue weighted by molar-refractivity contribution is 5.83. The number of carboxylic acids is 1. The predicted octanol–water partition coefficient (Wildman–Crippen LogP) is 2.55. The predicted molar refractivity (Wildman–Crippen MR) is 95.8 cm³/mol. The summed E-state index contributed by atoms with van der Waals surface area (Å²) in [5.41, 5.74) is 0.445. The van der Waals surface area contributed by atoms with Crippen LogP contribution in [0.2, 0.25) is 0 Å². The van der Waals surface area contributed by atoms with Gasteiger partial charge in [-0.05, 0) is 30.5 Å². The van der Waals surface area contributed by atoms with Crippen LogP contribution in [0, 0.1) is 12.3 Å². The van der Waals surface area contributed by atoms with E-state index in [0.29, 0.717) is 32.1 Å². The summed E-state index contributed by atoms with van der Waals surface area (Å²) in [6.45, 7) is 0. The summed E-state index contributed by atoms with van der Waals surface area (Å²) >= 11 is 0. The molecule has 0 aromatic heterocycles. The summed E-state index contributed by atoms with van der Waals surface area (Å²) in [7, 11) is 1.59. The quantitative estimate of drug-likeness (QED) is 0.594. The molecule has 26 heavy (non-hydrogen) atoms. The average molecular weight is 357 g/mol. The Hall–Kier alpha value is -2.88. The van der Waals surface area contributed by atoms with Crippen molar-refractivity contribution in [3.05, 3.63) is 29.8 Å². The molecule has 1 aliphatic rings. The van der Waals surface area contributed by atoms with E-state index in [4.69, 9.17) is 11.2 Å². The van der Waals surface area contributed by atoms with Crippen molar-refractivity contribution in [2.24, 2.45) is 10.2 Å². The maximum Gasteiger partial charge on any atom is 0.326 e. The van der Waals surface area contributed by atoms with Crippen LogP contribution in [0.3, 0.4) is 0 Å². The number of hydrogen-bond acceptors (Lipinski definition) is 5. The second-order valence-corrected chi connectivity index (χ2v) is 6.23. The van der Waals surface area contributed by atoms with Crippen molar-refractivity contribution >= 4 is 11.9 Å². The lowest BCUT2D eigenvalue weighted by Gasteiger charge is -2.15. The van der Waals surface area contributed by atoms with E-state index >= 15 is 0 Å². The smallest absolute Gasteiger partial charge is 0.326 e. The number of rotatable bonds is 11. The number of carbonyl (C=O) groups is 2. The van der Waals surface area contributed by atoms with Crippen molar-refractivity contribution in [2.45, 2.75) is 50.2 Å². The molecule has 0 bridgehead atoms. The van der Waals surface area contributed by atoms with Crippen molar-refractivity contribution in [1.29, 1.82) is 0 Å². The summed E-state index contributed by atoms with van der Waals surface area (Å²) in [6.07, 6.45) is 7.87. The maximum absolute atomic E-state index is 12.1. The fourth-order valence-corrected chi connectivity index (χ4v) is 2.61. The van der Waals surface area contributed by atoms with Crippen molar-refractivity contribution in [3.63, 3.8) is 0 Å². The van der Waals surface area contributed by atoms with E-state index in [1.54, 1.807) is 7.11 Å². The minimum Gasteiger partial charge on any atom is -0.497 e. The van der Waals surface area contributed by atoms with Gasteiger partial charge in [-0.25, -0.2) is 4.79 Å². The monoisotopic (exact) mass is 357 g/mol. The molecule has 1 aromatic carbocycles. The molecular weight excluding hydrogens is 334 g/mol. The molecule has 1 aliphatic heterocycles. The number of carboxylic acid groups (broad SMARTS) is 1. The topological polar surface area (TPSA) is 100 Å². The molecule has 2 N–H and O–H groups in total. The zero-order valence-corrected chi connectivity index (χ0v) is 14.8. The number of benzene rings is 1. The Morgan fingerprint density at radius 2 is 2.00 bits per heavy atom. The van der Waals surface area contributed by atoms with Crippen molar-refractivity contribution in [3.8, 4) is 18.1 Å². The summed E-state index contributed by atoms with van der Waals surface area (Å²) < 4.78 is 5.09. The van der Waals surface area contributed by atoms with E-state index in [1.807, 2.05) is 24.3 Å². The standard InChI is InChI=1S/C19H23N3O4/c1-3-4-12-19(21-22-19)13-11-17(23)20-16(18(24)25)10-7-14-5-8-15(26-2)9-6-14/h1,5-6,8-9,16H,4,7,10-13H2,2H3,(H,20,23)(H,24,25). The molecule has 0 aliphatic carbocycles. The number of carbonyl (C=O) groups excluding carboxylic acids is 1. The Kier molecular flexibility index (Phi) is 6.73. The number of hydrogen-bond donors (Lipinski definition) is 2. The van der Waals surface area contributed by atoms with Crippen LogP contribution in [-0.4, -0.2) is 35.8 Å². The zero-order valence-electron chi connectivity index (χ0n) is 14.8. The van der Waals surface area contributed by atoms with Crippen LogP contribution in [0.4, 0.5) is 0 Å². The van der Waals surface area contributed by atoms with Gasteiger partial charge < -0.3 is 15.2 Å². The van der Waals surface area contributed by atoms with E-state index in [-0.39, 0.29) is 12.3 Å². The number of amides is 1. The summed E-state index contributed by atoms with van der Waals surface area (Å²) in [4.78, 5) is 23.5. The van der Waals surface area contributed by atoms with Gasteiger partial charge in [0.2, 0.25) is 5.91 Å². The molecular formula is C19H23N3O4. The molecule has 0 saturated carbocycles. The molecule has 1 unspecified atom stereocenters. The number of nitrogens with one attached hydrogen (secondary N) is 1. The Morgan fingerprint density at radius 1 is 1.31 bits per heavy atom. The lowest BCUT2D eigenvalue weighted by molar-refractivity contribution is -0.142. The van der Waals surface area contributed by atoms with Crippen molar-refractivity contribution in [2.75, 3.05) is 7.11 Å². The van der Waals surface area contributed by atoms with Crippen LogP contribution in [0.1, 0.15) is 37.7 Å². The van der Waals surface area contributed by atoms with Gasteiger partial charge in [-0.2, -0.15) is 10.2 Å². The first-order chi connectivity index (χ1) is 12.5. The second kappa shape index (κ2) is 8.99. The van der Waals surface area contributed by atoms with Gasteiger partial charge in [-0.1, -0.05) is 12.1 Å². The van der Waals surface area contributed by atoms with E-state index in [9.17, 15) is 14.7 Å². The third-order valence-electron chi connectivity index (χ3n) is 4.32. The van der Waals surface area contributed by atoms with Gasteiger partial charge in [0.05, 0.1) is 7.11 Å². The van der Waals surface area contributed by atoms with Crippen molar-refractivity contribution in [1.82, 2.24) is 5.32 Å². The molecule has 2 rings (SSSR count). The number of terminal acetylenes is 1. The third-order valence-corrected chi connectivity index (χ3v) is 4.32. The highest BCUT2D eigenvalue weighted by atomic mass is 16.5. The molecule has 1 aromatic rings. The molecule has 1 heterocycles. The van der Waals surface area contributed by atoms with E-state index < -0.39 is 17.7 Å². The minimum atomic E-state index is -1.05. The molecule has 7 nitrogen and oxygen atoms in total. The summed E-state index contributed by atoms with van der Waals surface area (Å²) in [5, 5.41) is 19.9. The number of aliphatic carboxylic acids is 1. The van der Waals surface area contributed by atoms with Gasteiger partial charge in [-0.15, -0.1) is 12.3 Å². The van der Waals surface area contributed by atoms with Crippen LogP contribution in [0.15, 0.2) is 34.5 Å². The summed E-state index contributed by atoms with van der Waals surface area (Å²) in [6, 6.07) is 6.47. The lowest BCUT2D eigenvalue weighted by atomic mass is 10.0. The number of ether oxygens (including phenoxy) is 1. The van der Waals surface area contributed by atoms with E-state index in [2.05, 4.69) is 21.5 Å². The van der Waals surface area contributed by atoms with Crippen LogP contribution >= 0.6 is 0 Å². The molecule has 0 spiro atoms. The fourth-order valence-electron chi connectivity index (χ4n) is 2.61. The van der Waals surface area contributed by atoms with Crippen LogP contribution in [-0.2, 0) is 16.0 Å². The molecule has 138 valence electrons. The van der Waals surface area contributed by atoms with Gasteiger partial charge in [-0.3, -0.25) is 4.79 Å². The maximum atomic E-state index is 12.1. The zero-order chi connectivity index (χ0) is 19.0. The highest BCUT2D eigenvalue weighted by Crippen LogP contribution is 2.37. The number of nitrogens with zero attached hydrogens (tertiary/aromatic N) is 2. The first-order valence-electron chi connectivity index (χ1n) is 8.50. The molecule has 7 heteroatoms. The van der Waals surface area contributed by atoms with Gasteiger partial charge in [0, 0.05) is 25.7 Å². The van der Waals surface area contributed by atoms with Crippen LogP contribution in [0.5, 0.6) is 5.75 Å². The first-order valence-corrected chi connectivity index (χ1v) is 8.50. The molecule has 0 fully saturated rings. The number of aryl methyl sites for hydroxylation is 1. The van der Waals surface area contributed by atoms with Crippen LogP contribution < -0.4 is 10.1 Å². The SMILES string of the molecule is C#CCCC1(CCC(=O)NC(CCc2ccc(OC)cc2)C(=O)O)N=N1. The Bertz CT molecular complexity index is 700. The molecule has 0 saturated heterocycles. The summed E-state index contributed by atoms with van der Waals surface area (Å²) in [5.74, 6) is 1.91. The Balaban J connectivity index is 1.78. The highest BCUT2D eigenvalue weighted by Gasteiger charge is 2.39. The van der Waals surface area contributed by atoms with Crippen molar-refractivity contribution < 1.29 is 19.4 Å². The Labute approximate surface area is 152 Å². The molecule has 1 amide bonds. The van der Waals surface area contributed by atoms with E-state index in [1.165, 1.54) is 0 Å². The first kappa shape index (κ1) is 19.4. The van der Waals surface area contributed by atoms with Gasteiger partial charge >= 0.3 is 5.97 Å². The van der Waals surface area contributed by atoms with Gasteiger partial charge in [0.1, 0.15) is 11.8 Å². The van der Waals surface area contributed by atoms with E-state index in [0.717, 1.165) is 11.3 Å².